The Morgan fingerprint density at radius 1 is 0.413 bits per heavy atom. The molecule has 0 aliphatic rings. The van der Waals surface area contributed by atoms with E-state index in [9.17, 15) is 93.0 Å². The summed E-state index contributed by atoms with van der Waals surface area (Å²) in [7, 11) is 0. The summed E-state index contributed by atoms with van der Waals surface area (Å²) in [6, 6.07) is 0. The van der Waals surface area contributed by atoms with Gasteiger partial charge in [0.25, 0.3) is 0 Å². The fourth-order valence-corrected chi connectivity index (χ4v) is 3.26. The summed E-state index contributed by atoms with van der Waals surface area (Å²) in [6.45, 7) is 2.24. The minimum absolute atomic E-state index is 0.344. The number of carboxylic acids is 2. The molecule has 0 aliphatic heterocycles. The summed E-state index contributed by atoms with van der Waals surface area (Å²) in [4.78, 5) is 20.0. The summed E-state index contributed by atoms with van der Waals surface area (Å²) < 4.78 is 242. The van der Waals surface area contributed by atoms with Gasteiger partial charge in [0.2, 0.25) is 0 Å². The minimum atomic E-state index is -9.06. The Hall–Kier alpha value is -2.39. The molecule has 0 aliphatic carbocycles. The van der Waals surface area contributed by atoms with Gasteiger partial charge in [-0.05, 0) is 6.42 Å². The Balaban J connectivity index is 0. The zero-order valence-corrected chi connectivity index (χ0v) is 23.2. The fraction of sp³-hybridized carbons (Fsp3) is 0.913. The third-order valence-electron chi connectivity index (χ3n) is 6.13. The lowest BCUT2D eigenvalue weighted by atomic mass is 9.87. The van der Waals surface area contributed by atoms with Crippen molar-refractivity contribution in [3.63, 3.8) is 0 Å². The standard InChI is InChI=1S/C13H26O2.C10HF19O2/c1-2-3-4-5-6-7-8-9-10-11-12-13(14)15;11-2(12,1(30)31)3(13,14)4(15,16)5(17,18)6(19,20)7(21,22)8(23,24)9(25,26)10(27,28)29/h2-12H2,1H3,(H,14,15);(H,30,31). The molecule has 0 saturated carbocycles. The topological polar surface area (TPSA) is 74.6 Å². The van der Waals surface area contributed by atoms with Crippen molar-refractivity contribution in [2.75, 3.05) is 0 Å². The first kappa shape index (κ1) is 45.7. The van der Waals surface area contributed by atoms with E-state index in [2.05, 4.69) is 6.92 Å². The quantitative estimate of drug-likeness (QED) is 0.103. The van der Waals surface area contributed by atoms with Gasteiger partial charge in [0.1, 0.15) is 0 Å². The zero-order chi connectivity index (χ0) is 37.4. The molecule has 2 N–H and O–H groups in total. The molecule has 4 nitrogen and oxygen atoms in total. The van der Waals surface area contributed by atoms with Crippen molar-refractivity contribution in [1.29, 1.82) is 0 Å². The van der Waals surface area contributed by atoms with Crippen LogP contribution < -0.4 is 0 Å². The number of carbonyl (C=O) groups is 2. The Kier molecular flexibility index (Phi) is 15.6. The number of hydrogen-bond acceptors (Lipinski definition) is 2. The van der Waals surface area contributed by atoms with Crippen LogP contribution in [0.3, 0.4) is 0 Å². The van der Waals surface area contributed by atoms with Gasteiger partial charge in [0.05, 0.1) is 0 Å². The average molecular weight is 728 g/mol. The van der Waals surface area contributed by atoms with Crippen LogP contribution in [-0.4, -0.2) is 75.7 Å². The molecule has 0 saturated heterocycles. The van der Waals surface area contributed by atoms with E-state index >= 15 is 0 Å². The number of alkyl halides is 19. The van der Waals surface area contributed by atoms with Crippen molar-refractivity contribution in [3.05, 3.63) is 0 Å². The highest BCUT2D eigenvalue weighted by molar-refractivity contribution is 5.77. The lowest BCUT2D eigenvalue weighted by molar-refractivity contribution is -0.467. The molecule has 0 amide bonds. The van der Waals surface area contributed by atoms with Crippen molar-refractivity contribution in [3.8, 4) is 0 Å². The molecule has 0 bridgehead atoms. The molecule has 46 heavy (non-hydrogen) atoms. The fourth-order valence-electron chi connectivity index (χ4n) is 3.26. The molecule has 0 unspecified atom stereocenters. The van der Waals surface area contributed by atoms with Crippen LogP contribution >= 0.6 is 0 Å². The lowest BCUT2D eigenvalue weighted by Crippen LogP contribution is -2.76. The first-order valence-electron chi connectivity index (χ1n) is 12.8. The number of unbranched alkanes of at least 4 members (excludes halogenated alkanes) is 9. The van der Waals surface area contributed by atoms with Crippen LogP contribution in [0.15, 0.2) is 0 Å². The monoisotopic (exact) mass is 728 g/mol. The Morgan fingerprint density at radius 2 is 0.674 bits per heavy atom. The van der Waals surface area contributed by atoms with Gasteiger partial charge in [-0.1, -0.05) is 64.7 Å². The van der Waals surface area contributed by atoms with Crippen molar-refractivity contribution in [2.24, 2.45) is 0 Å². The van der Waals surface area contributed by atoms with Crippen LogP contribution in [0, 0.1) is 0 Å². The maximum Gasteiger partial charge on any atom is 0.460 e. The first-order chi connectivity index (χ1) is 20.2. The molecule has 0 aromatic carbocycles. The molecule has 0 spiro atoms. The molecule has 0 radical (unpaired) electrons. The van der Waals surface area contributed by atoms with Crippen LogP contribution in [0.25, 0.3) is 0 Å². The van der Waals surface area contributed by atoms with E-state index in [0.717, 1.165) is 12.8 Å². The second-order valence-electron chi connectivity index (χ2n) is 9.72. The maximum atomic E-state index is 13.1. The number of halogens is 19. The third kappa shape index (κ3) is 8.94. The van der Waals surface area contributed by atoms with Gasteiger partial charge in [-0.3, -0.25) is 4.79 Å². The van der Waals surface area contributed by atoms with E-state index in [1.54, 1.807) is 0 Å². The van der Waals surface area contributed by atoms with Gasteiger partial charge in [-0.25, -0.2) is 4.79 Å². The predicted octanol–water partition coefficient (Wildman–Crippen LogP) is 10.1. The number of rotatable bonds is 19. The molecule has 276 valence electrons. The van der Waals surface area contributed by atoms with Crippen molar-refractivity contribution < 1.29 is 103 Å². The summed E-state index contributed by atoms with van der Waals surface area (Å²) in [5, 5.41) is 16.0. The summed E-state index contributed by atoms with van der Waals surface area (Å²) in [6.07, 6.45) is 4.96. The van der Waals surface area contributed by atoms with E-state index in [-0.39, 0.29) is 0 Å². The highest BCUT2D eigenvalue weighted by Crippen LogP contribution is 2.65. The largest absolute Gasteiger partial charge is 0.481 e. The molecule has 0 rings (SSSR count). The van der Waals surface area contributed by atoms with Crippen molar-refractivity contribution in [1.82, 2.24) is 0 Å². The van der Waals surface area contributed by atoms with Gasteiger partial charge in [-0.2, -0.15) is 83.4 Å². The second kappa shape index (κ2) is 15.7. The van der Waals surface area contributed by atoms with Gasteiger partial charge in [0.15, 0.2) is 0 Å². The molecule has 0 atom stereocenters. The van der Waals surface area contributed by atoms with Gasteiger partial charge < -0.3 is 10.2 Å². The normalized spacial score (nSPS) is 14.5. The molecular formula is C23H27F19O4. The highest BCUT2D eigenvalue weighted by atomic mass is 19.4. The number of carboxylic acid groups (broad SMARTS) is 2. The average Bonchev–Trinajstić information content (AvgIpc) is 2.88. The minimum Gasteiger partial charge on any atom is -0.481 e. The molecular weight excluding hydrogens is 701 g/mol. The molecule has 0 fully saturated rings. The Bertz CT molecular complexity index is 977. The maximum absolute atomic E-state index is 13.1. The Morgan fingerprint density at radius 3 is 0.935 bits per heavy atom. The lowest BCUT2D eigenvalue weighted by Gasteiger charge is -2.43. The Labute approximate surface area is 247 Å². The summed E-state index contributed by atoms with van der Waals surface area (Å²) in [5.74, 6) is -73.9. The smallest absolute Gasteiger partial charge is 0.460 e. The van der Waals surface area contributed by atoms with Crippen molar-refractivity contribution in [2.45, 2.75) is 131 Å². The van der Waals surface area contributed by atoms with E-state index in [0.29, 0.717) is 6.42 Å². The summed E-state index contributed by atoms with van der Waals surface area (Å²) >= 11 is 0. The second-order valence-corrected chi connectivity index (χ2v) is 9.72. The predicted molar refractivity (Wildman–Crippen MR) is 117 cm³/mol. The van der Waals surface area contributed by atoms with Gasteiger partial charge in [-0.15, -0.1) is 0 Å². The van der Waals surface area contributed by atoms with Gasteiger partial charge in [0, 0.05) is 6.42 Å². The van der Waals surface area contributed by atoms with E-state index in [1.165, 1.54) is 51.4 Å². The van der Waals surface area contributed by atoms with Crippen LogP contribution in [0.5, 0.6) is 0 Å². The zero-order valence-electron chi connectivity index (χ0n) is 23.2. The molecule has 0 aromatic heterocycles. The first-order valence-corrected chi connectivity index (χ1v) is 12.8. The van der Waals surface area contributed by atoms with E-state index in [4.69, 9.17) is 10.2 Å². The van der Waals surface area contributed by atoms with E-state index in [1.807, 2.05) is 0 Å². The number of aliphatic carboxylic acids is 2. The molecule has 0 heterocycles. The third-order valence-corrected chi connectivity index (χ3v) is 6.13. The van der Waals surface area contributed by atoms with E-state index < -0.39 is 65.5 Å². The highest BCUT2D eigenvalue weighted by Gasteiger charge is 2.97. The van der Waals surface area contributed by atoms with Crippen LogP contribution in [-0.2, 0) is 9.59 Å². The van der Waals surface area contributed by atoms with Crippen LogP contribution in [0.4, 0.5) is 83.4 Å². The SMILES string of the molecule is CCCCCCCCCCCCC(=O)O.O=C(O)C(F)(F)C(F)(F)C(F)(F)C(F)(F)C(F)(F)C(F)(F)C(F)(F)C(F)(F)C(F)(F)F. The molecule has 0 aromatic rings. The summed E-state index contributed by atoms with van der Waals surface area (Å²) in [5.41, 5.74) is 0. The van der Waals surface area contributed by atoms with Crippen molar-refractivity contribution >= 4 is 11.9 Å². The van der Waals surface area contributed by atoms with Crippen LogP contribution in [0.2, 0.25) is 0 Å². The number of hydrogen-bond donors (Lipinski definition) is 2. The molecule has 23 heteroatoms. The van der Waals surface area contributed by atoms with Gasteiger partial charge >= 0.3 is 65.5 Å². The van der Waals surface area contributed by atoms with Crippen LogP contribution in [0.1, 0.15) is 77.6 Å².